The van der Waals surface area contributed by atoms with Gasteiger partial charge >= 0.3 is 12.1 Å². The molecule has 0 amide bonds. The number of rotatable bonds is 8. The summed E-state index contributed by atoms with van der Waals surface area (Å²) in [5.41, 5.74) is 6.65. The number of hydrogen-bond donors (Lipinski definition) is 3. The maximum absolute atomic E-state index is 12.0. The molecule has 0 spiro atoms. The second kappa shape index (κ2) is 9.16. The number of hydrogen-bond acceptors (Lipinski definition) is 7. The highest BCUT2D eigenvalue weighted by Gasteiger charge is 2.25. The summed E-state index contributed by atoms with van der Waals surface area (Å²) >= 11 is 0. The van der Waals surface area contributed by atoms with Crippen LogP contribution < -0.4 is 10.5 Å². The smallest absolute Gasteiger partial charge is 0.480 e. The zero-order valence-corrected chi connectivity index (χ0v) is 16.4. The van der Waals surface area contributed by atoms with E-state index in [4.69, 9.17) is 20.3 Å². The molecular weight excluding hydrogens is 378 g/mol. The van der Waals surface area contributed by atoms with E-state index >= 15 is 0 Å². The molecule has 0 aliphatic rings. The summed E-state index contributed by atoms with van der Waals surface area (Å²) < 4.78 is 41.9. The predicted molar refractivity (Wildman–Crippen MR) is 97.5 cm³/mol. The summed E-state index contributed by atoms with van der Waals surface area (Å²) in [6.07, 6.45) is -1.15. The maximum Gasteiger partial charge on any atom is 0.513 e. The number of nitrogens with two attached hydrogens (primary N) is 1. The van der Waals surface area contributed by atoms with E-state index in [-0.39, 0.29) is 17.6 Å². The largest absolute Gasteiger partial charge is 0.513 e. The molecule has 10 heteroatoms. The molecule has 1 aromatic carbocycles. The van der Waals surface area contributed by atoms with E-state index < -0.39 is 40.6 Å². The van der Waals surface area contributed by atoms with E-state index in [1.54, 1.807) is 26.0 Å². The zero-order chi connectivity index (χ0) is 20.9. The molecule has 0 radical (unpaired) electrons. The fraction of sp³-hybridized carbons (Fsp3) is 0.529. The maximum atomic E-state index is 12.0. The second-order valence-electron chi connectivity index (χ2n) is 6.70. The van der Waals surface area contributed by atoms with Crippen molar-refractivity contribution in [2.75, 3.05) is 6.61 Å². The average Bonchev–Trinajstić information content (AvgIpc) is 2.50. The Morgan fingerprint density at radius 3 is 2.19 bits per heavy atom. The van der Waals surface area contributed by atoms with Crippen molar-refractivity contribution in [2.45, 2.75) is 51.3 Å². The molecule has 0 fully saturated rings. The molecule has 0 heterocycles. The van der Waals surface area contributed by atoms with Gasteiger partial charge in [-0.25, -0.2) is 4.79 Å². The summed E-state index contributed by atoms with van der Waals surface area (Å²) in [7, 11) is -4.30. The van der Waals surface area contributed by atoms with E-state index in [1.165, 1.54) is 0 Å². The van der Waals surface area contributed by atoms with Crippen molar-refractivity contribution < 1.29 is 37.1 Å². The monoisotopic (exact) mass is 403 g/mol. The minimum absolute atomic E-state index is 0.0636. The standard InChI is InChI=1S/C17H25NO8S/c1-9(2)12-6-5-11(8-27(22,23)24)14(10(3)4)15(12)26-17(21)25-7-13(18)16(19)20/h5-6,9-10,13H,7-8,18H2,1-4H3,(H,19,20)(H,22,23,24). The summed E-state index contributed by atoms with van der Waals surface area (Å²) in [4.78, 5) is 22.7. The van der Waals surface area contributed by atoms with Gasteiger partial charge in [-0.15, -0.1) is 0 Å². The predicted octanol–water partition coefficient (Wildman–Crippen LogP) is 2.25. The first-order valence-electron chi connectivity index (χ1n) is 8.27. The highest BCUT2D eigenvalue weighted by Crippen LogP contribution is 2.38. The number of carboxylic acid groups (broad SMARTS) is 1. The van der Waals surface area contributed by atoms with Crippen molar-refractivity contribution >= 4 is 22.2 Å². The van der Waals surface area contributed by atoms with Crippen LogP contribution >= 0.6 is 0 Å². The van der Waals surface area contributed by atoms with Crippen LogP contribution in [0.3, 0.4) is 0 Å². The normalized spacial score (nSPS) is 12.9. The van der Waals surface area contributed by atoms with Gasteiger partial charge in [0, 0.05) is 5.56 Å². The number of carboxylic acids is 1. The van der Waals surface area contributed by atoms with Crippen LogP contribution in [0.4, 0.5) is 4.79 Å². The zero-order valence-electron chi connectivity index (χ0n) is 15.6. The summed E-state index contributed by atoms with van der Waals surface area (Å²) in [6, 6.07) is 1.79. The number of carbonyl (C=O) groups excluding carboxylic acids is 1. The lowest BCUT2D eigenvalue weighted by molar-refractivity contribution is -0.139. The van der Waals surface area contributed by atoms with E-state index in [1.807, 2.05) is 13.8 Å². The van der Waals surface area contributed by atoms with E-state index in [0.29, 0.717) is 16.7 Å². The minimum Gasteiger partial charge on any atom is -0.480 e. The molecule has 1 unspecified atom stereocenters. The molecule has 0 aliphatic carbocycles. The fourth-order valence-electron chi connectivity index (χ4n) is 2.52. The highest BCUT2D eigenvalue weighted by atomic mass is 32.2. The minimum atomic E-state index is -4.30. The van der Waals surface area contributed by atoms with Crippen LogP contribution in [-0.2, 0) is 25.4 Å². The van der Waals surface area contributed by atoms with Gasteiger partial charge in [0.2, 0.25) is 0 Å². The van der Waals surface area contributed by atoms with Crippen LogP contribution in [0.5, 0.6) is 5.75 Å². The van der Waals surface area contributed by atoms with Crippen molar-refractivity contribution in [3.8, 4) is 5.75 Å². The topological polar surface area (TPSA) is 153 Å². The average molecular weight is 403 g/mol. The number of ether oxygens (including phenoxy) is 2. The Hall–Kier alpha value is -2.17. The quantitative estimate of drug-likeness (QED) is 0.337. The molecular formula is C17H25NO8S. The molecule has 0 saturated heterocycles. The molecule has 0 aliphatic heterocycles. The van der Waals surface area contributed by atoms with E-state index in [0.717, 1.165) is 0 Å². The van der Waals surface area contributed by atoms with Gasteiger partial charge in [0.15, 0.2) is 0 Å². The van der Waals surface area contributed by atoms with Gasteiger partial charge in [0.1, 0.15) is 24.2 Å². The van der Waals surface area contributed by atoms with Crippen LogP contribution in [0.25, 0.3) is 0 Å². The Morgan fingerprint density at radius 1 is 1.15 bits per heavy atom. The van der Waals surface area contributed by atoms with Gasteiger partial charge in [0.25, 0.3) is 10.1 Å². The third-order valence-electron chi connectivity index (χ3n) is 3.74. The van der Waals surface area contributed by atoms with Crippen LogP contribution in [0.15, 0.2) is 12.1 Å². The number of benzene rings is 1. The molecule has 27 heavy (non-hydrogen) atoms. The Morgan fingerprint density at radius 2 is 1.74 bits per heavy atom. The van der Waals surface area contributed by atoms with Crippen molar-refractivity contribution in [3.63, 3.8) is 0 Å². The molecule has 0 aromatic heterocycles. The SMILES string of the molecule is CC(C)c1ccc(CS(=O)(=O)O)c(C(C)C)c1OC(=O)OCC(N)C(=O)O. The lowest BCUT2D eigenvalue weighted by atomic mass is 9.90. The third kappa shape index (κ3) is 6.81. The second-order valence-corrected chi connectivity index (χ2v) is 8.15. The van der Waals surface area contributed by atoms with Gasteiger partial charge in [-0.05, 0) is 23.0 Å². The molecule has 1 rings (SSSR count). The van der Waals surface area contributed by atoms with Gasteiger partial charge in [-0.3, -0.25) is 9.35 Å². The molecule has 1 atom stereocenters. The first-order valence-corrected chi connectivity index (χ1v) is 9.88. The summed E-state index contributed by atoms with van der Waals surface area (Å²) in [6.45, 7) is 6.71. The van der Waals surface area contributed by atoms with Gasteiger partial charge < -0.3 is 20.3 Å². The van der Waals surface area contributed by atoms with E-state index in [9.17, 15) is 22.6 Å². The Bertz CT molecular complexity index is 801. The van der Waals surface area contributed by atoms with Crippen molar-refractivity contribution in [1.82, 2.24) is 0 Å². The number of carbonyl (C=O) groups is 2. The van der Waals surface area contributed by atoms with Crippen molar-refractivity contribution in [3.05, 3.63) is 28.8 Å². The first-order chi connectivity index (χ1) is 12.3. The van der Waals surface area contributed by atoms with Crippen LogP contribution in [-0.4, -0.2) is 42.9 Å². The Balaban J connectivity index is 3.29. The Kier molecular flexibility index (Phi) is 7.76. The van der Waals surface area contributed by atoms with E-state index in [2.05, 4.69) is 0 Å². The third-order valence-corrected chi connectivity index (χ3v) is 4.41. The van der Waals surface area contributed by atoms with Crippen molar-refractivity contribution in [1.29, 1.82) is 0 Å². The Labute approximate surface area is 158 Å². The van der Waals surface area contributed by atoms with Gasteiger partial charge in [0.05, 0.1) is 0 Å². The van der Waals surface area contributed by atoms with Crippen LogP contribution in [0.1, 0.15) is 56.2 Å². The molecule has 0 saturated carbocycles. The highest BCUT2D eigenvalue weighted by molar-refractivity contribution is 7.85. The molecule has 9 nitrogen and oxygen atoms in total. The summed E-state index contributed by atoms with van der Waals surface area (Å²) in [5.74, 6) is -2.12. The molecule has 4 N–H and O–H groups in total. The first kappa shape index (κ1) is 22.9. The molecule has 1 aromatic rings. The fourth-order valence-corrected chi connectivity index (χ4v) is 3.17. The lowest BCUT2D eigenvalue weighted by Gasteiger charge is -2.22. The van der Waals surface area contributed by atoms with Gasteiger partial charge in [-0.1, -0.05) is 39.8 Å². The molecule has 0 bridgehead atoms. The summed E-state index contributed by atoms with van der Waals surface area (Å²) in [5, 5.41) is 8.73. The van der Waals surface area contributed by atoms with Crippen molar-refractivity contribution in [2.24, 2.45) is 5.73 Å². The number of aliphatic carboxylic acids is 1. The molecule has 152 valence electrons. The van der Waals surface area contributed by atoms with Crippen LogP contribution in [0, 0.1) is 0 Å². The van der Waals surface area contributed by atoms with Crippen LogP contribution in [0.2, 0.25) is 0 Å². The van der Waals surface area contributed by atoms with Gasteiger partial charge in [-0.2, -0.15) is 8.42 Å². The lowest BCUT2D eigenvalue weighted by Crippen LogP contribution is -2.36.